The minimum Gasteiger partial charge on any atom is -0.396 e. The first-order valence-corrected chi connectivity index (χ1v) is 5.47. The lowest BCUT2D eigenvalue weighted by atomic mass is 9.93. The van der Waals surface area contributed by atoms with Gasteiger partial charge in [-0.3, -0.25) is 4.79 Å². The number of hydrogen-bond donors (Lipinski definition) is 1. The van der Waals surface area contributed by atoms with Crippen LogP contribution < -0.4 is 0 Å². The van der Waals surface area contributed by atoms with Crippen LogP contribution in [-0.2, 0) is 4.79 Å². The molecule has 1 saturated heterocycles. The van der Waals surface area contributed by atoms with Crippen LogP contribution in [0.5, 0.6) is 0 Å². The molecule has 0 aromatic rings. The van der Waals surface area contributed by atoms with Gasteiger partial charge in [-0.1, -0.05) is 6.92 Å². The lowest BCUT2D eigenvalue weighted by Crippen LogP contribution is -2.38. The molecule has 1 heterocycles. The Morgan fingerprint density at radius 1 is 1.50 bits per heavy atom. The van der Waals surface area contributed by atoms with Crippen molar-refractivity contribution in [2.75, 3.05) is 26.2 Å². The molecule has 3 nitrogen and oxygen atoms in total. The van der Waals surface area contributed by atoms with Crippen LogP contribution in [0.15, 0.2) is 0 Å². The third-order valence-electron chi connectivity index (χ3n) is 3.04. The molecule has 14 heavy (non-hydrogen) atoms. The molecule has 0 spiro atoms. The van der Waals surface area contributed by atoms with E-state index in [1.807, 2.05) is 0 Å². The maximum atomic E-state index is 11.1. The number of hydrogen-bond acceptors (Lipinski definition) is 3. The Morgan fingerprint density at radius 3 is 2.50 bits per heavy atom. The second kappa shape index (κ2) is 5.47. The Balaban J connectivity index is 2.25. The van der Waals surface area contributed by atoms with E-state index in [1.54, 1.807) is 6.92 Å². The maximum absolute atomic E-state index is 11.1. The van der Waals surface area contributed by atoms with E-state index in [2.05, 4.69) is 11.8 Å². The number of aliphatic hydroxyl groups is 1. The van der Waals surface area contributed by atoms with Gasteiger partial charge in [0, 0.05) is 19.1 Å². The molecule has 1 aliphatic rings. The molecule has 0 aromatic carbocycles. The predicted molar refractivity (Wildman–Crippen MR) is 56.1 cm³/mol. The molecule has 1 aliphatic heterocycles. The van der Waals surface area contributed by atoms with Crippen molar-refractivity contribution in [3.63, 3.8) is 0 Å². The monoisotopic (exact) mass is 199 g/mol. The standard InChI is InChI=1S/C11H21NO2/c1-9(8-13)7-12-5-3-11(4-6-12)10(2)14/h9,11,13H,3-8H2,1-2H3. The normalized spacial score (nSPS) is 22.2. The highest BCUT2D eigenvalue weighted by Gasteiger charge is 2.22. The van der Waals surface area contributed by atoms with Crippen molar-refractivity contribution in [2.45, 2.75) is 26.7 Å². The summed E-state index contributed by atoms with van der Waals surface area (Å²) in [7, 11) is 0. The average molecular weight is 199 g/mol. The van der Waals surface area contributed by atoms with Crippen LogP contribution in [-0.4, -0.2) is 42.0 Å². The lowest BCUT2D eigenvalue weighted by molar-refractivity contribution is -0.122. The van der Waals surface area contributed by atoms with Crippen molar-refractivity contribution < 1.29 is 9.90 Å². The highest BCUT2D eigenvalue weighted by Crippen LogP contribution is 2.18. The fraction of sp³-hybridized carbons (Fsp3) is 0.909. The van der Waals surface area contributed by atoms with Crippen LogP contribution in [0, 0.1) is 11.8 Å². The van der Waals surface area contributed by atoms with Gasteiger partial charge in [-0.15, -0.1) is 0 Å². The van der Waals surface area contributed by atoms with E-state index < -0.39 is 0 Å². The van der Waals surface area contributed by atoms with Gasteiger partial charge in [0.25, 0.3) is 0 Å². The van der Waals surface area contributed by atoms with Gasteiger partial charge in [0.1, 0.15) is 5.78 Å². The number of ketones is 1. The van der Waals surface area contributed by atoms with Gasteiger partial charge >= 0.3 is 0 Å². The second-order valence-corrected chi connectivity index (χ2v) is 4.47. The second-order valence-electron chi connectivity index (χ2n) is 4.47. The van der Waals surface area contributed by atoms with E-state index in [9.17, 15) is 4.79 Å². The maximum Gasteiger partial charge on any atom is 0.133 e. The Morgan fingerprint density at radius 2 is 2.07 bits per heavy atom. The summed E-state index contributed by atoms with van der Waals surface area (Å²) in [5.41, 5.74) is 0. The summed E-state index contributed by atoms with van der Waals surface area (Å²) < 4.78 is 0. The topological polar surface area (TPSA) is 40.5 Å². The molecule has 0 aromatic heterocycles. The molecule has 0 aliphatic carbocycles. The van der Waals surface area contributed by atoms with Crippen molar-refractivity contribution in [2.24, 2.45) is 11.8 Å². The molecule has 1 atom stereocenters. The van der Waals surface area contributed by atoms with Crippen LogP contribution in [0.4, 0.5) is 0 Å². The van der Waals surface area contributed by atoms with Crippen molar-refractivity contribution in [3.8, 4) is 0 Å². The first-order chi connectivity index (χ1) is 6.63. The fourth-order valence-electron chi connectivity index (χ4n) is 2.02. The Labute approximate surface area is 86.1 Å². The van der Waals surface area contributed by atoms with E-state index >= 15 is 0 Å². The van der Waals surface area contributed by atoms with Crippen LogP contribution in [0.3, 0.4) is 0 Å². The number of Topliss-reactive ketones (excluding diaryl/α,β-unsaturated/α-hetero) is 1. The minimum absolute atomic E-state index is 0.257. The zero-order valence-electron chi connectivity index (χ0n) is 9.20. The molecule has 3 heteroatoms. The van der Waals surface area contributed by atoms with E-state index in [4.69, 9.17) is 5.11 Å². The number of nitrogens with zero attached hydrogens (tertiary/aromatic N) is 1. The molecule has 82 valence electrons. The number of rotatable bonds is 4. The molecular weight excluding hydrogens is 178 g/mol. The number of aliphatic hydroxyl groups excluding tert-OH is 1. The summed E-state index contributed by atoms with van der Waals surface area (Å²) in [6, 6.07) is 0. The lowest BCUT2D eigenvalue weighted by Gasteiger charge is -2.32. The van der Waals surface area contributed by atoms with Crippen molar-refractivity contribution >= 4 is 5.78 Å². The number of likely N-dealkylation sites (tertiary alicyclic amines) is 1. The Bertz CT molecular complexity index is 186. The van der Waals surface area contributed by atoms with Crippen molar-refractivity contribution in [3.05, 3.63) is 0 Å². The van der Waals surface area contributed by atoms with Gasteiger partial charge in [-0.2, -0.15) is 0 Å². The van der Waals surface area contributed by atoms with Gasteiger partial charge < -0.3 is 10.0 Å². The van der Waals surface area contributed by atoms with E-state index in [-0.39, 0.29) is 12.5 Å². The predicted octanol–water partition coefficient (Wildman–Crippen LogP) is 0.916. The molecule has 0 amide bonds. The Kier molecular flexibility index (Phi) is 4.55. The largest absolute Gasteiger partial charge is 0.396 e. The molecule has 0 bridgehead atoms. The third-order valence-corrected chi connectivity index (χ3v) is 3.04. The summed E-state index contributed by atoms with van der Waals surface area (Å²) in [6.07, 6.45) is 1.99. The summed E-state index contributed by atoms with van der Waals surface area (Å²) in [6.45, 7) is 6.98. The summed E-state index contributed by atoms with van der Waals surface area (Å²) in [5.74, 6) is 0.972. The SMILES string of the molecule is CC(=O)C1CCN(CC(C)CO)CC1. The van der Waals surface area contributed by atoms with Crippen LogP contribution in [0.25, 0.3) is 0 Å². The van der Waals surface area contributed by atoms with E-state index in [1.165, 1.54) is 0 Å². The smallest absolute Gasteiger partial charge is 0.133 e. The highest BCUT2D eigenvalue weighted by atomic mass is 16.3. The molecular formula is C11H21NO2. The van der Waals surface area contributed by atoms with E-state index in [0.717, 1.165) is 32.5 Å². The number of piperidine rings is 1. The van der Waals surface area contributed by atoms with E-state index in [0.29, 0.717) is 11.7 Å². The highest BCUT2D eigenvalue weighted by molar-refractivity contribution is 5.78. The molecule has 1 rings (SSSR count). The van der Waals surface area contributed by atoms with Crippen LogP contribution in [0.2, 0.25) is 0 Å². The first kappa shape index (κ1) is 11.7. The van der Waals surface area contributed by atoms with Crippen LogP contribution in [0.1, 0.15) is 26.7 Å². The van der Waals surface area contributed by atoms with Crippen molar-refractivity contribution in [1.82, 2.24) is 4.90 Å². The number of carbonyl (C=O) groups excluding carboxylic acids is 1. The van der Waals surface area contributed by atoms with Crippen molar-refractivity contribution in [1.29, 1.82) is 0 Å². The molecule has 1 unspecified atom stereocenters. The molecule has 0 saturated carbocycles. The zero-order chi connectivity index (χ0) is 10.6. The molecule has 1 fully saturated rings. The van der Waals surface area contributed by atoms with Crippen LogP contribution >= 0.6 is 0 Å². The Hall–Kier alpha value is -0.410. The van der Waals surface area contributed by atoms with Gasteiger partial charge in [-0.05, 0) is 38.8 Å². The van der Waals surface area contributed by atoms with Gasteiger partial charge in [0.05, 0.1) is 0 Å². The first-order valence-electron chi connectivity index (χ1n) is 5.47. The van der Waals surface area contributed by atoms with Gasteiger partial charge in [0.2, 0.25) is 0 Å². The quantitative estimate of drug-likeness (QED) is 0.732. The summed E-state index contributed by atoms with van der Waals surface area (Å²) >= 11 is 0. The minimum atomic E-state index is 0.257. The zero-order valence-corrected chi connectivity index (χ0v) is 9.20. The summed E-state index contributed by atoms with van der Waals surface area (Å²) in [4.78, 5) is 13.5. The molecule has 0 radical (unpaired) electrons. The van der Waals surface area contributed by atoms with Gasteiger partial charge in [-0.25, -0.2) is 0 Å². The van der Waals surface area contributed by atoms with Gasteiger partial charge in [0.15, 0.2) is 0 Å². The third kappa shape index (κ3) is 3.39. The average Bonchev–Trinajstić information content (AvgIpc) is 2.18. The fourth-order valence-corrected chi connectivity index (χ4v) is 2.02. The summed E-state index contributed by atoms with van der Waals surface area (Å²) in [5, 5.41) is 8.92. The molecule has 1 N–H and O–H groups in total. The number of carbonyl (C=O) groups is 1.